The number of halogens is 3. The minimum atomic E-state index is -1.40. The van der Waals surface area contributed by atoms with Gasteiger partial charge in [0.25, 0.3) is 0 Å². The Balaban J connectivity index is 1.80. The molecular weight excluding hydrogens is 559 g/mol. The van der Waals surface area contributed by atoms with Crippen LogP contribution in [0.15, 0.2) is 36.4 Å². The second-order valence-electron chi connectivity index (χ2n) is 12.8. The van der Waals surface area contributed by atoms with Crippen molar-refractivity contribution in [3.63, 3.8) is 0 Å². The molecule has 3 N–H and O–H groups in total. The largest absolute Gasteiger partial charge is 0.487 e. The number of carbonyl (C=O) groups is 1. The van der Waals surface area contributed by atoms with Gasteiger partial charge in [0.15, 0.2) is 23.5 Å². The summed E-state index contributed by atoms with van der Waals surface area (Å²) in [6.07, 6.45) is 0.544. The maximum Gasteiger partial charge on any atom is 0.337 e. The van der Waals surface area contributed by atoms with Crippen LogP contribution < -0.4 is 15.4 Å². The minimum Gasteiger partial charge on any atom is -0.487 e. The first-order chi connectivity index (χ1) is 20.1. The van der Waals surface area contributed by atoms with E-state index >= 15 is 8.78 Å². The molecule has 10 heteroatoms. The SMILES string of the molecule is Cc1nc(N)c(-c2cc(F)c(OCCc3ccc(F)cc3)c(F)c2)c(N2CCC(C)(C)CC2)c1C(OC(C)(C)C)C(=O)O. The molecule has 4 rings (SSSR count). The molecule has 1 aliphatic rings. The van der Waals surface area contributed by atoms with Gasteiger partial charge in [0.2, 0.25) is 0 Å². The molecule has 2 aromatic carbocycles. The normalized spacial score (nSPS) is 15.8. The Bertz CT molecular complexity index is 1450. The summed E-state index contributed by atoms with van der Waals surface area (Å²) >= 11 is 0. The lowest BCUT2D eigenvalue weighted by molar-refractivity contribution is -0.160. The molecular formula is C33H40F3N3O4. The highest BCUT2D eigenvalue weighted by molar-refractivity contribution is 5.92. The molecule has 1 unspecified atom stereocenters. The third kappa shape index (κ3) is 7.60. The highest BCUT2D eigenvalue weighted by atomic mass is 19.1. The van der Waals surface area contributed by atoms with Crippen molar-refractivity contribution < 1.29 is 32.5 Å². The van der Waals surface area contributed by atoms with Crippen LogP contribution in [0.4, 0.5) is 24.7 Å². The van der Waals surface area contributed by atoms with E-state index in [-0.39, 0.29) is 34.8 Å². The standard InChI is InChI=1S/C33H40F3N3O4/c1-19-25(29(31(40)41)43-32(2,3)4)27(39-14-12-33(5,6)13-15-39)26(30(37)38-19)21-17-23(35)28(24(36)18-21)42-16-11-20-7-9-22(34)10-8-20/h7-10,17-18,29H,11-16H2,1-6H3,(H2,37,38)(H,40,41). The van der Waals surface area contributed by atoms with E-state index in [2.05, 4.69) is 18.8 Å². The van der Waals surface area contributed by atoms with Gasteiger partial charge in [-0.05, 0) is 81.3 Å². The number of pyridine rings is 1. The first-order valence-electron chi connectivity index (χ1n) is 14.4. The van der Waals surface area contributed by atoms with Crippen LogP contribution in [0, 0.1) is 29.8 Å². The molecule has 1 fully saturated rings. The number of rotatable bonds is 9. The van der Waals surface area contributed by atoms with E-state index in [1.54, 1.807) is 39.8 Å². The lowest BCUT2D eigenvalue weighted by atomic mass is 9.82. The number of carboxylic acids is 1. The molecule has 7 nitrogen and oxygen atoms in total. The van der Waals surface area contributed by atoms with Crippen molar-refractivity contribution in [1.82, 2.24) is 4.98 Å². The topological polar surface area (TPSA) is 97.9 Å². The molecule has 0 saturated carbocycles. The first kappa shape index (κ1) is 32.1. The Morgan fingerprint density at radius 3 is 2.21 bits per heavy atom. The molecule has 1 saturated heterocycles. The van der Waals surface area contributed by atoms with Gasteiger partial charge in [-0.15, -0.1) is 0 Å². The molecule has 0 amide bonds. The fourth-order valence-electron chi connectivity index (χ4n) is 5.34. The molecule has 1 aliphatic heterocycles. The van der Waals surface area contributed by atoms with E-state index in [9.17, 15) is 14.3 Å². The van der Waals surface area contributed by atoms with Crippen LogP contribution in [0.1, 0.15) is 70.4 Å². The maximum absolute atomic E-state index is 15.5. The predicted octanol–water partition coefficient (Wildman–Crippen LogP) is 7.25. The van der Waals surface area contributed by atoms with E-state index in [0.717, 1.165) is 30.5 Å². The number of ether oxygens (including phenoxy) is 2. The van der Waals surface area contributed by atoms with Gasteiger partial charge in [-0.1, -0.05) is 26.0 Å². The van der Waals surface area contributed by atoms with Gasteiger partial charge in [0, 0.05) is 36.3 Å². The average molecular weight is 600 g/mol. The summed E-state index contributed by atoms with van der Waals surface area (Å²) in [5, 5.41) is 10.3. The third-order valence-corrected chi connectivity index (χ3v) is 7.65. The Morgan fingerprint density at radius 2 is 1.67 bits per heavy atom. The number of nitrogens with zero attached hydrogens (tertiary/aromatic N) is 2. The molecule has 43 heavy (non-hydrogen) atoms. The number of nitrogens with two attached hydrogens (primary N) is 1. The van der Waals surface area contributed by atoms with Crippen molar-refractivity contribution in [2.75, 3.05) is 30.3 Å². The number of nitrogen functional groups attached to an aromatic ring is 1. The molecule has 0 aliphatic carbocycles. The van der Waals surface area contributed by atoms with E-state index in [0.29, 0.717) is 36.5 Å². The van der Waals surface area contributed by atoms with Gasteiger partial charge in [-0.2, -0.15) is 0 Å². The molecule has 2 heterocycles. The second-order valence-corrected chi connectivity index (χ2v) is 12.8. The molecule has 0 bridgehead atoms. The van der Waals surface area contributed by atoms with Crippen LogP contribution in [0.5, 0.6) is 5.75 Å². The van der Waals surface area contributed by atoms with Crippen molar-refractivity contribution in [2.45, 2.75) is 72.5 Å². The Labute approximate surface area is 250 Å². The number of hydrogen-bond donors (Lipinski definition) is 2. The number of anilines is 2. The number of aromatic nitrogens is 1. The number of aryl methyl sites for hydroxylation is 1. The van der Waals surface area contributed by atoms with Gasteiger partial charge in [-0.3, -0.25) is 0 Å². The Hall–Kier alpha value is -3.79. The molecule has 1 aromatic heterocycles. The molecule has 3 aromatic rings. The predicted molar refractivity (Wildman–Crippen MR) is 161 cm³/mol. The van der Waals surface area contributed by atoms with Crippen molar-refractivity contribution in [1.29, 1.82) is 0 Å². The third-order valence-electron chi connectivity index (χ3n) is 7.65. The first-order valence-corrected chi connectivity index (χ1v) is 14.4. The molecule has 0 radical (unpaired) electrons. The summed E-state index contributed by atoms with van der Waals surface area (Å²) < 4.78 is 55.6. The number of benzene rings is 2. The van der Waals surface area contributed by atoms with Crippen molar-refractivity contribution in [3.8, 4) is 16.9 Å². The molecule has 232 valence electrons. The lowest BCUT2D eigenvalue weighted by Gasteiger charge is -2.41. The van der Waals surface area contributed by atoms with Gasteiger partial charge in [0.05, 0.1) is 17.9 Å². The smallest absolute Gasteiger partial charge is 0.337 e. The fourth-order valence-corrected chi connectivity index (χ4v) is 5.34. The number of piperidine rings is 1. The van der Waals surface area contributed by atoms with Crippen LogP contribution in [0.25, 0.3) is 11.1 Å². The second kappa shape index (κ2) is 12.4. The zero-order chi connectivity index (χ0) is 31.7. The molecule has 0 spiro atoms. The van der Waals surface area contributed by atoms with Crippen LogP contribution in [0.3, 0.4) is 0 Å². The zero-order valence-electron chi connectivity index (χ0n) is 25.6. The number of carboxylic acid groups (broad SMARTS) is 1. The summed E-state index contributed by atoms with van der Waals surface area (Å²) in [5.74, 6) is -4.01. The van der Waals surface area contributed by atoms with Crippen LogP contribution >= 0.6 is 0 Å². The van der Waals surface area contributed by atoms with Crippen LogP contribution in [-0.2, 0) is 16.0 Å². The molecule has 1 atom stereocenters. The van der Waals surface area contributed by atoms with Gasteiger partial charge in [-0.25, -0.2) is 22.9 Å². The highest BCUT2D eigenvalue weighted by Gasteiger charge is 2.37. The Morgan fingerprint density at radius 1 is 1.09 bits per heavy atom. The average Bonchev–Trinajstić information content (AvgIpc) is 2.89. The lowest BCUT2D eigenvalue weighted by Crippen LogP contribution is -2.39. The Kier molecular flexibility index (Phi) is 9.30. The highest BCUT2D eigenvalue weighted by Crippen LogP contribution is 2.46. The maximum atomic E-state index is 15.5. The van der Waals surface area contributed by atoms with Crippen molar-refractivity contribution >= 4 is 17.5 Å². The van der Waals surface area contributed by atoms with Crippen molar-refractivity contribution in [2.24, 2.45) is 5.41 Å². The summed E-state index contributed by atoms with van der Waals surface area (Å²) in [4.78, 5) is 19.1. The van der Waals surface area contributed by atoms with E-state index < -0.39 is 35.1 Å². The van der Waals surface area contributed by atoms with Crippen LogP contribution in [-0.4, -0.2) is 41.4 Å². The van der Waals surface area contributed by atoms with Gasteiger partial charge >= 0.3 is 5.97 Å². The number of hydrogen-bond acceptors (Lipinski definition) is 6. The number of aliphatic carboxylic acids is 1. The van der Waals surface area contributed by atoms with E-state index in [1.807, 2.05) is 4.90 Å². The monoisotopic (exact) mass is 599 g/mol. The van der Waals surface area contributed by atoms with Gasteiger partial charge < -0.3 is 25.2 Å². The zero-order valence-corrected chi connectivity index (χ0v) is 25.6. The van der Waals surface area contributed by atoms with Gasteiger partial charge in [0.1, 0.15) is 11.6 Å². The van der Waals surface area contributed by atoms with Crippen molar-refractivity contribution in [3.05, 3.63) is 70.7 Å². The van der Waals surface area contributed by atoms with E-state index in [4.69, 9.17) is 15.2 Å². The minimum absolute atomic E-state index is 0.0183. The summed E-state index contributed by atoms with van der Waals surface area (Å²) in [5.41, 5.74) is 7.91. The quantitative estimate of drug-likeness (QED) is 0.267. The van der Waals surface area contributed by atoms with Crippen LogP contribution in [0.2, 0.25) is 0 Å². The fraction of sp³-hybridized carbons (Fsp3) is 0.455. The summed E-state index contributed by atoms with van der Waals surface area (Å²) in [7, 11) is 0. The summed E-state index contributed by atoms with van der Waals surface area (Å²) in [6, 6.07) is 8.03. The van der Waals surface area contributed by atoms with E-state index in [1.165, 1.54) is 12.1 Å². The summed E-state index contributed by atoms with van der Waals surface area (Å²) in [6.45, 7) is 12.4.